The molecular formula is C14H11ClN4O3. The number of nitrogens with zero attached hydrogens (tertiary/aromatic N) is 4. The van der Waals surface area contributed by atoms with E-state index in [1.54, 1.807) is 28.8 Å². The lowest BCUT2D eigenvalue weighted by Gasteiger charge is -2.06. The number of halogens is 1. The molecule has 0 amide bonds. The molecule has 0 fully saturated rings. The van der Waals surface area contributed by atoms with Gasteiger partial charge in [0.15, 0.2) is 5.15 Å². The van der Waals surface area contributed by atoms with Crippen molar-refractivity contribution < 1.29 is 14.3 Å². The first-order valence-corrected chi connectivity index (χ1v) is 6.66. The first-order chi connectivity index (χ1) is 10.6. The normalized spacial score (nSPS) is 10.7. The van der Waals surface area contributed by atoms with Crippen molar-refractivity contribution in [3.05, 3.63) is 47.1 Å². The molecule has 0 aliphatic heterocycles. The molecule has 0 aliphatic carbocycles. The molecule has 3 rings (SSSR count). The summed E-state index contributed by atoms with van der Waals surface area (Å²) in [5.74, 6) is -0.107. The van der Waals surface area contributed by atoms with E-state index in [9.17, 15) is 4.79 Å². The SMILES string of the molecule is COc1cc(OC)nc(C(=O)c2c(Cl)nc3ccccn23)n1. The summed E-state index contributed by atoms with van der Waals surface area (Å²) < 4.78 is 11.7. The summed E-state index contributed by atoms with van der Waals surface area (Å²) in [6, 6.07) is 6.80. The highest BCUT2D eigenvalue weighted by Gasteiger charge is 2.23. The molecule has 0 radical (unpaired) electrons. The maximum absolute atomic E-state index is 12.7. The third-order valence-corrected chi connectivity index (χ3v) is 3.27. The number of aromatic nitrogens is 4. The van der Waals surface area contributed by atoms with Gasteiger partial charge in [-0.05, 0) is 12.1 Å². The zero-order chi connectivity index (χ0) is 15.7. The Balaban J connectivity index is 2.15. The van der Waals surface area contributed by atoms with Crippen molar-refractivity contribution in [3.8, 4) is 11.8 Å². The van der Waals surface area contributed by atoms with Gasteiger partial charge in [0.1, 0.15) is 11.3 Å². The molecule has 8 heteroatoms. The Labute approximate surface area is 130 Å². The Kier molecular flexibility index (Phi) is 3.64. The monoisotopic (exact) mass is 318 g/mol. The van der Waals surface area contributed by atoms with Gasteiger partial charge in [0.2, 0.25) is 23.4 Å². The van der Waals surface area contributed by atoms with Crippen molar-refractivity contribution in [2.75, 3.05) is 14.2 Å². The maximum Gasteiger partial charge on any atom is 0.250 e. The predicted molar refractivity (Wildman–Crippen MR) is 78.8 cm³/mol. The lowest BCUT2D eigenvalue weighted by atomic mass is 10.3. The van der Waals surface area contributed by atoms with Crippen LogP contribution < -0.4 is 9.47 Å². The Morgan fingerprint density at radius 3 is 2.45 bits per heavy atom. The van der Waals surface area contributed by atoms with Crippen LogP contribution in [-0.4, -0.2) is 39.4 Å². The zero-order valence-corrected chi connectivity index (χ0v) is 12.5. The molecule has 0 aliphatic rings. The molecule has 112 valence electrons. The Hall–Kier alpha value is -2.67. The second kappa shape index (κ2) is 5.61. The van der Waals surface area contributed by atoms with Crippen molar-refractivity contribution in [1.82, 2.24) is 19.4 Å². The highest BCUT2D eigenvalue weighted by atomic mass is 35.5. The van der Waals surface area contributed by atoms with E-state index in [0.29, 0.717) is 5.65 Å². The Morgan fingerprint density at radius 2 is 1.82 bits per heavy atom. The van der Waals surface area contributed by atoms with Crippen LogP contribution >= 0.6 is 11.6 Å². The topological polar surface area (TPSA) is 78.6 Å². The van der Waals surface area contributed by atoms with E-state index in [-0.39, 0.29) is 28.4 Å². The second-order valence-electron chi connectivity index (χ2n) is 4.29. The van der Waals surface area contributed by atoms with Crippen molar-refractivity contribution in [2.45, 2.75) is 0 Å². The molecule has 3 aromatic rings. The number of ether oxygens (including phenoxy) is 2. The number of carbonyl (C=O) groups excluding carboxylic acids is 1. The molecule has 22 heavy (non-hydrogen) atoms. The first-order valence-electron chi connectivity index (χ1n) is 6.28. The van der Waals surface area contributed by atoms with Gasteiger partial charge >= 0.3 is 0 Å². The van der Waals surface area contributed by atoms with Crippen LogP contribution in [0, 0.1) is 0 Å². The van der Waals surface area contributed by atoms with E-state index < -0.39 is 5.78 Å². The van der Waals surface area contributed by atoms with Crippen molar-refractivity contribution in [1.29, 1.82) is 0 Å². The van der Waals surface area contributed by atoms with Crippen molar-refractivity contribution >= 4 is 23.0 Å². The third-order valence-electron chi connectivity index (χ3n) is 3.00. The molecule has 0 aromatic carbocycles. The molecular weight excluding hydrogens is 308 g/mol. The van der Waals surface area contributed by atoms with Gasteiger partial charge in [-0.15, -0.1) is 0 Å². The first kappa shape index (κ1) is 14.3. The average molecular weight is 319 g/mol. The number of hydrogen-bond acceptors (Lipinski definition) is 6. The van der Waals surface area contributed by atoms with Crippen LogP contribution in [0.1, 0.15) is 16.3 Å². The van der Waals surface area contributed by atoms with Gasteiger partial charge in [-0.1, -0.05) is 17.7 Å². The number of ketones is 1. The minimum atomic E-state index is -0.471. The summed E-state index contributed by atoms with van der Waals surface area (Å²) in [5.41, 5.74) is 0.748. The molecule has 3 aromatic heterocycles. The summed E-state index contributed by atoms with van der Waals surface area (Å²) in [5, 5.41) is 0.0848. The van der Waals surface area contributed by atoms with Crippen LogP contribution in [0.3, 0.4) is 0 Å². The molecule has 0 atom stereocenters. The number of methoxy groups -OCH3 is 2. The van der Waals surface area contributed by atoms with Gasteiger partial charge in [-0.2, -0.15) is 9.97 Å². The number of carbonyl (C=O) groups is 1. The van der Waals surface area contributed by atoms with Crippen molar-refractivity contribution in [2.24, 2.45) is 0 Å². The van der Waals surface area contributed by atoms with Crippen LogP contribution in [0.2, 0.25) is 5.15 Å². The zero-order valence-electron chi connectivity index (χ0n) is 11.8. The summed E-state index contributed by atoms with van der Waals surface area (Å²) in [7, 11) is 2.88. The van der Waals surface area contributed by atoms with Gasteiger partial charge in [-0.25, -0.2) is 4.98 Å². The quantitative estimate of drug-likeness (QED) is 0.685. The van der Waals surface area contributed by atoms with E-state index in [2.05, 4.69) is 15.0 Å². The number of hydrogen-bond donors (Lipinski definition) is 0. The highest BCUT2D eigenvalue weighted by Crippen LogP contribution is 2.22. The fraction of sp³-hybridized carbons (Fsp3) is 0.143. The molecule has 3 heterocycles. The summed E-state index contributed by atoms with van der Waals surface area (Å²) in [6.07, 6.45) is 1.69. The smallest absolute Gasteiger partial charge is 0.250 e. The van der Waals surface area contributed by atoms with E-state index in [0.717, 1.165) is 0 Å². The molecule has 0 saturated heterocycles. The summed E-state index contributed by atoms with van der Waals surface area (Å²) in [6.45, 7) is 0. The lowest BCUT2D eigenvalue weighted by Crippen LogP contribution is -2.11. The molecule has 0 bridgehead atoms. The number of imidazole rings is 1. The Bertz CT molecular complexity index is 840. The van der Waals surface area contributed by atoms with Gasteiger partial charge in [0.05, 0.1) is 20.3 Å². The largest absolute Gasteiger partial charge is 0.481 e. The molecule has 0 unspecified atom stereocenters. The van der Waals surface area contributed by atoms with Crippen LogP contribution in [0.25, 0.3) is 5.65 Å². The lowest BCUT2D eigenvalue weighted by molar-refractivity contribution is 0.102. The third kappa shape index (κ3) is 2.35. The molecule has 0 N–H and O–H groups in total. The van der Waals surface area contributed by atoms with Crippen LogP contribution in [-0.2, 0) is 0 Å². The second-order valence-corrected chi connectivity index (χ2v) is 4.64. The minimum absolute atomic E-state index is 0.0799. The molecule has 7 nitrogen and oxygen atoms in total. The standard InChI is InChI=1S/C14H11ClN4O3/c1-21-9-7-10(22-2)18-14(17-9)12(20)11-13(15)16-8-5-3-4-6-19(8)11/h3-7H,1-2H3. The van der Waals surface area contributed by atoms with Crippen LogP contribution in [0.4, 0.5) is 0 Å². The van der Waals surface area contributed by atoms with Crippen LogP contribution in [0.5, 0.6) is 11.8 Å². The van der Waals surface area contributed by atoms with E-state index in [4.69, 9.17) is 21.1 Å². The highest BCUT2D eigenvalue weighted by molar-refractivity contribution is 6.33. The molecule has 0 saturated carbocycles. The van der Waals surface area contributed by atoms with Crippen LogP contribution in [0.15, 0.2) is 30.5 Å². The van der Waals surface area contributed by atoms with Gasteiger partial charge in [0.25, 0.3) is 0 Å². The van der Waals surface area contributed by atoms with Gasteiger partial charge in [-0.3, -0.25) is 9.20 Å². The predicted octanol–water partition coefficient (Wildman–Crippen LogP) is 2.03. The Morgan fingerprint density at radius 1 is 1.14 bits per heavy atom. The number of rotatable bonds is 4. The number of fused-ring (bicyclic) bond motifs is 1. The fourth-order valence-corrected chi connectivity index (χ4v) is 2.25. The van der Waals surface area contributed by atoms with Crippen molar-refractivity contribution in [3.63, 3.8) is 0 Å². The van der Waals surface area contributed by atoms with E-state index in [1.165, 1.54) is 20.3 Å². The maximum atomic E-state index is 12.7. The van der Waals surface area contributed by atoms with Gasteiger partial charge in [0, 0.05) is 6.20 Å². The average Bonchev–Trinajstić information content (AvgIpc) is 2.89. The van der Waals surface area contributed by atoms with Gasteiger partial charge < -0.3 is 9.47 Å². The summed E-state index contributed by atoms with van der Waals surface area (Å²) in [4.78, 5) is 24.9. The fourth-order valence-electron chi connectivity index (χ4n) is 1.99. The number of pyridine rings is 1. The van der Waals surface area contributed by atoms with E-state index in [1.807, 2.05) is 0 Å². The van der Waals surface area contributed by atoms with E-state index >= 15 is 0 Å². The minimum Gasteiger partial charge on any atom is -0.481 e. The molecule has 0 spiro atoms. The summed E-state index contributed by atoms with van der Waals surface area (Å²) >= 11 is 6.09.